The number of aryl methyl sites for hydroxylation is 1. The fraction of sp³-hybridized carbons (Fsp3) is 0.625. The van der Waals surface area contributed by atoms with Crippen molar-refractivity contribution in [3.05, 3.63) is 29.3 Å². The molecule has 0 saturated heterocycles. The summed E-state index contributed by atoms with van der Waals surface area (Å²) in [5.74, 6) is 2.49. The van der Waals surface area contributed by atoms with E-state index in [4.69, 9.17) is 4.74 Å². The Morgan fingerprint density at radius 2 is 2.06 bits per heavy atom. The van der Waals surface area contributed by atoms with Gasteiger partial charge in [0.15, 0.2) is 0 Å². The molecule has 1 fully saturated rings. The maximum absolute atomic E-state index is 5.46. The van der Waals surface area contributed by atoms with Gasteiger partial charge < -0.3 is 10.1 Å². The highest BCUT2D eigenvalue weighted by molar-refractivity contribution is 5.38. The molecule has 0 aliphatic heterocycles. The van der Waals surface area contributed by atoms with Gasteiger partial charge in [-0.15, -0.1) is 0 Å². The summed E-state index contributed by atoms with van der Waals surface area (Å²) < 4.78 is 5.46. The predicted molar refractivity (Wildman–Crippen MR) is 76.4 cm³/mol. The average Bonchev–Trinajstić information content (AvgIpc) is 2.90. The summed E-state index contributed by atoms with van der Waals surface area (Å²) in [6, 6.07) is 6.69. The van der Waals surface area contributed by atoms with E-state index in [1.807, 2.05) is 7.05 Å². The first-order chi connectivity index (χ1) is 8.76. The number of methoxy groups -OCH3 is 1. The van der Waals surface area contributed by atoms with Crippen molar-refractivity contribution >= 4 is 0 Å². The summed E-state index contributed by atoms with van der Waals surface area (Å²) in [6.07, 6.45) is 5.55. The van der Waals surface area contributed by atoms with E-state index in [0.29, 0.717) is 5.92 Å². The van der Waals surface area contributed by atoms with Gasteiger partial charge in [0.1, 0.15) is 5.75 Å². The molecule has 2 rings (SSSR count). The summed E-state index contributed by atoms with van der Waals surface area (Å²) in [5.41, 5.74) is 2.65. The topological polar surface area (TPSA) is 21.3 Å². The quantitative estimate of drug-likeness (QED) is 0.860. The van der Waals surface area contributed by atoms with Crippen molar-refractivity contribution < 1.29 is 4.74 Å². The third-order valence-electron chi connectivity index (χ3n) is 4.25. The number of likely N-dealkylation sites (N-methyl/N-ethyl adjacent to an activating group) is 1. The van der Waals surface area contributed by atoms with Gasteiger partial charge in [0, 0.05) is 6.54 Å². The molecule has 0 radical (unpaired) electrons. The molecule has 1 aliphatic rings. The van der Waals surface area contributed by atoms with Crippen molar-refractivity contribution in [3.8, 4) is 5.75 Å². The van der Waals surface area contributed by atoms with Crippen molar-refractivity contribution in [3.63, 3.8) is 0 Å². The Balaban J connectivity index is 2.23. The third-order valence-corrected chi connectivity index (χ3v) is 4.25. The SMILES string of the molecule is CNCC(c1ccc(C)c(OC)c1)C1CCCC1. The van der Waals surface area contributed by atoms with Crippen molar-refractivity contribution in [2.24, 2.45) is 5.92 Å². The van der Waals surface area contributed by atoms with E-state index < -0.39 is 0 Å². The minimum Gasteiger partial charge on any atom is -0.496 e. The molecule has 0 amide bonds. The molecule has 0 spiro atoms. The highest BCUT2D eigenvalue weighted by atomic mass is 16.5. The Bertz CT molecular complexity index is 383. The maximum Gasteiger partial charge on any atom is 0.122 e. The predicted octanol–water partition coefficient (Wildman–Crippen LogP) is 3.50. The summed E-state index contributed by atoms with van der Waals surface area (Å²) in [5, 5.41) is 3.35. The van der Waals surface area contributed by atoms with Crippen LogP contribution in [0.15, 0.2) is 18.2 Å². The lowest BCUT2D eigenvalue weighted by atomic mass is 9.84. The first-order valence-corrected chi connectivity index (χ1v) is 7.05. The van der Waals surface area contributed by atoms with Crippen LogP contribution in [-0.2, 0) is 0 Å². The summed E-state index contributed by atoms with van der Waals surface area (Å²) in [7, 11) is 3.81. The van der Waals surface area contributed by atoms with Gasteiger partial charge in [-0.05, 0) is 55.8 Å². The second-order valence-corrected chi connectivity index (χ2v) is 5.44. The van der Waals surface area contributed by atoms with Gasteiger partial charge >= 0.3 is 0 Å². The highest BCUT2D eigenvalue weighted by Crippen LogP contribution is 2.38. The van der Waals surface area contributed by atoms with Gasteiger partial charge in [-0.3, -0.25) is 0 Å². The first kappa shape index (κ1) is 13.4. The fourth-order valence-electron chi connectivity index (χ4n) is 3.20. The van der Waals surface area contributed by atoms with Crippen LogP contribution in [0.2, 0.25) is 0 Å². The first-order valence-electron chi connectivity index (χ1n) is 7.05. The van der Waals surface area contributed by atoms with E-state index in [2.05, 4.69) is 30.4 Å². The maximum atomic E-state index is 5.46. The zero-order valence-corrected chi connectivity index (χ0v) is 11.8. The van der Waals surface area contributed by atoms with Crippen LogP contribution in [0.4, 0.5) is 0 Å². The van der Waals surface area contributed by atoms with Gasteiger partial charge in [-0.1, -0.05) is 25.0 Å². The lowest BCUT2D eigenvalue weighted by molar-refractivity contribution is 0.402. The number of ether oxygens (including phenoxy) is 1. The number of benzene rings is 1. The van der Waals surface area contributed by atoms with E-state index in [9.17, 15) is 0 Å². The molecule has 1 aromatic carbocycles. The molecule has 1 unspecified atom stereocenters. The van der Waals surface area contributed by atoms with Gasteiger partial charge in [0.25, 0.3) is 0 Å². The normalized spacial score (nSPS) is 17.9. The van der Waals surface area contributed by atoms with E-state index >= 15 is 0 Å². The molecule has 0 bridgehead atoms. The number of hydrogen-bond acceptors (Lipinski definition) is 2. The van der Waals surface area contributed by atoms with Gasteiger partial charge in [-0.2, -0.15) is 0 Å². The zero-order valence-electron chi connectivity index (χ0n) is 11.8. The molecule has 1 aliphatic carbocycles. The Kier molecular flexibility index (Phi) is 4.65. The van der Waals surface area contributed by atoms with Crippen LogP contribution in [0.25, 0.3) is 0 Å². The Labute approximate surface area is 111 Å². The van der Waals surface area contributed by atoms with E-state index in [1.54, 1.807) is 7.11 Å². The van der Waals surface area contributed by atoms with Crippen LogP contribution < -0.4 is 10.1 Å². The highest BCUT2D eigenvalue weighted by Gasteiger charge is 2.26. The lowest BCUT2D eigenvalue weighted by Crippen LogP contribution is -2.23. The second-order valence-electron chi connectivity index (χ2n) is 5.44. The minimum absolute atomic E-state index is 0.631. The molecule has 2 heteroatoms. The smallest absolute Gasteiger partial charge is 0.122 e. The fourth-order valence-corrected chi connectivity index (χ4v) is 3.20. The van der Waals surface area contributed by atoms with Crippen molar-refractivity contribution in [2.45, 2.75) is 38.5 Å². The molecule has 0 aromatic heterocycles. The summed E-state index contributed by atoms with van der Waals surface area (Å²) in [4.78, 5) is 0. The third kappa shape index (κ3) is 2.86. The largest absolute Gasteiger partial charge is 0.496 e. The van der Waals surface area contributed by atoms with Crippen LogP contribution in [-0.4, -0.2) is 20.7 Å². The molecule has 100 valence electrons. The van der Waals surface area contributed by atoms with Crippen molar-refractivity contribution in [1.82, 2.24) is 5.32 Å². The molecule has 18 heavy (non-hydrogen) atoms. The molecular weight excluding hydrogens is 222 g/mol. The molecule has 1 saturated carbocycles. The van der Waals surface area contributed by atoms with E-state index in [1.165, 1.54) is 36.8 Å². The monoisotopic (exact) mass is 247 g/mol. The van der Waals surface area contributed by atoms with Gasteiger partial charge in [-0.25, -0.2) is 0 Å². The van der Waals surface area contributed by atoms with E-state index in [-0.39, 0.29) is 0 Å². The van der Waals surface area contributed by atoms with E-state index in [0.717, 1.165) is 18.2 Å². The molecule has 1 aromatic rings. The lowest BCUT2D eigenvalue weighted by Gasteiger charge is -2.24. The zero-order chi connectivity index (χ0) is 13.0. The molecule has 1 N–H and O–H groups in total. The van der Waals surface area contributed by atoms with Crippen molar-refractivity contribution in [2.75, 3.05) is 20.7 Å². The number of rotatable bonds is 5. The van der Waals surface area contributed by atoms with Gasteiger partial charge in [0.05, 0.1) is 7.11 Å². The summed E-state index contributed by atoms with van der Waals surface area (Å²) >= 11 is 0. The molecular formula is C16H25NO. The molecule has 2 nitrogen and oxygen atoms in total. The molecule has 1 atom stereocenters. The number of hydrogen-bond donors (Lipinski definition) is 1. The molecule has 0 heterocycles. The van der Waals surface area contributed by atoms with Crippen molar-refractivity contribution in [1.29, 1.82) is 0 Å². The van der Waals surface area contributed by atoms with Gasteiger partial charge in [0.2, 0.25) is 0 Å². The summed E-state index contributed by atoms with van der Waals surface area (Å²) in [6.45, 7) is 3.17. The Hall–Kier alpha value is -1.02. The standard InChI is InChI=1S/C16H25NO/c1-12-8-9-14(10-16(12)18-3)15(11-17-2)13-6-4-5-7-13/h8-10,13,15,17H,4-7,11H2,1-3H3. The van der Waals surface area contributed by atoms with Crippen LogP contribution in [0.3, 0.4) is 0 Å². The van der Waals surface area contributed by atoms with Crippen LogP contribution in [0.5, 0.6) is 5.75 Å². The Morgan fingerprint density at radius 1 is 1.33 bits per heavy atom. The second kappa shape index (κ2) is 6.24. The van der Waals surface area contributed by atoms with Crippen LogP contribution in [0.1, 0.15) is 42.7 Å². The minimum atomic E-state index is 0.631. The van der Waals surface area contributed by atoms with Crippen LogP contribution >= 0.6 is 0 Å². The Morgan fingerprint density at radius 3 is 2.67 bits per heavy atom. The van der Waals surface area contributed by atoms with Crippen LogP contribution in [0, 0.1) is 12.8 Å². The average molecular weight is 247 g/mol. The number of nitrogens with one attached hydrogen (secondary N) is 1.